The van der Waals surface area contributed by atoms with Crippen LogP contribution in [-0.2, 0) is 4.79 Å². The maximum absolute atomic E-state index is 12.3. The third kappa shape index (κ3) is 3.43. The molecule has 0 fully saturated rings. The molecule has 2 aromatic heterocycles. The molecule has 0 unspecified atom stereocenters. The predicted molar refractivity (Wildman–Crippen MR) is 114 cm³/mol. The fourth-order valence-corrected chi connectivity index (χ4v) is 3.55. The molecule has 8 nitrogen and oxygen atoms in total. The van der Waals surface area contributed by atoms with Gasteiger partial charge in [0.05, 0.1) is 11.4 Å². The van der Waals surface area contributed by atoms with Crippen molar-refractivity contribution >= 4 is 23.2 Å². The van der Waals surface area contributed by atoms with Crippen LogP contribution in [0.15, 0.2) is 67.0 Å². The van der Waals surface area contributed by atoms with Crippen LogP contribution in [0.3, 0.4) is 0 Å². The van der Waals surface area contributed by atoms with Crippen LogP contribution in [0.2, 0.25) is 0 Å². The summed E-state index contributed by atoms with van der Waals surface area (Å²) in [6.45, 7) is 1.35. The van der Waals surface area contributed by atoms with E-state index in [9.17, 15) is 4.79 Å². The van der Waals surface area contributed by atoms with Crippen molar-refractivity contribution in [2.75, 3.05) is 29.9 Å². The lowest BCUT2D eigenvalue weighted by Gasteiger charge is -2.29. The van der Waals surface area contributed by atoms with Gasteiger partial charge in [0.1, 0.15) is 17.9 Å². The summed E-state index contributed by atoms with van der Waals surface area (Å²) in [5.74, 6) is 2.07. The summed E-state index contributed by atoms with van der Waals surface area (Å²) in [4.78, 5) is 22.9. The smallest absolute Gasteiger partial charge is 0.265 e. The molecule has 0 saturated heterocycles. The van der Waals surface area contributed by atoms with Gasteiger partial charge < -0.3 is 15.0 Å². The molecule has 0 saturated carbocycles. The van der Waals surface area contributed by atoms with Crippen molar-refractivity contribution in [3.8, 4) is 17.0 Å². The number of ether oxygens (including phenoxy) is 1. The van der Waals surface area contributed by atoms with Crippen LogP contribution < -0.4 is 15.0 Å². The third-order valence-corrected chi connectivity index (χ3v) is 4.99. The highest BCUT2D eigenvalue weighted by atomic mass is 16.5. The first kappa shape index (κ1) is 18.1. The van der Waals surface area contributed by atoms with Gasteiger partial charge in [-0.05, 0) is 18.6 Å². The van der Waals surface area contributed by atoms with Crippen molar-refractivity contribution in [1.82, 2.24) is 19.6 Å². The molecular weight excluding hydrogens is 380 g/mol. The Morgan fingerprint density at radius 1 is 1.07 bits per heavy atom. The maximum Gasteiger partial charge on any atom is 0.265 e. The molecule has 1 aliphatic heterocycles. The number of nitrogens with one attached hydrogen (secondary N) is 1. The number of benzene rings is 2. The van der Waals surface area contributed by atoms with Gasteiger partial charge in [-0.2, -0.15) is 14.6 Å². The largest absolute Gasteiger partial charge is 0.482 e. The van der Waals surface area contributed by atoms with E-state index in [1.54, 1.807) is 9.42 Å². The Bertz CT molecular complexity index is 1190. The first-order valence-corrected chi connectivity index (χ1v) is 9.82. The highest BCUT2D eigenvalue weighted by molar-refractivity contribution is 5.97. The molecule has 1 N–H and O–H groups in total. The minimum atomic E-state index is -0.0253. The summed E-state index contributed by atoms with van der Waals surface area (Å²) < 4.78 is 7.19. The number of hydrogen-bond acceptors (Lipinski definition) is 6. The van der Waals surface area contributed by atoms with Gasteiger partial charge >= 0.3 is 0 Å². The molecule has 5 rings (SSSR count). The molecule has 2 aromatic carbocycles. The SMILES string of the molecule is O=C1COc2ccccc2N1CCCNc1cc(-c2ccccc2)nc2ncnn12. The summed E-state index contributed by atoms with van der Waals surface area (Å²) in [5, 5.41) is 7.68. The number of anilines is 2. The van der Waals surface area contributed by atoms with Crippen LogP contribution in [0.25, 0.3) is 17.0 Å². The Labute approximate surface area is 173 Å². The number of fused-ring (bicyclic) bond motifs is 2. The van der Waals surface area contributed by atoms with Gasteiger partial charge in [-0.1, -0.05) is 42.5 Å². The Morgan fingerprint density at radius 2 is 1.90 bits per heavy atom. The number of carbonyl (C=O) groups is 1. The van der Waals surface area contributed by atoms with E-state index in [4.69, 9.17) is 4.74 Å². The molecule has 8 heteroatoms. The Hall–Kier alpha value is -3.94. The first-order chi connectivity index (χ1) is 14.8. The zero-order chi connectivity index (χ0) is 20.3. The van der Waals surface area contributed by atoms with Crippen LogP contribution in [0, 0.1) is 0 Å². The lowest BCUT2D eigenvalue weighted by molar-refractivity contribution is -0.121. The number of hydrogen-bond donors (Lipinski definition) is 1. The van der Waals surface area contributed by atoms with Gasteiger partial charge in [0, 0.05) is 24.7 Å². The molecule has 0 aliphatic carbocycles. The quantitative estimate of drug-likeness (QED) is 0.501. The standard InChI is InChI=1S/C22H20N6O2/c29-21-14-30-19-10-5-4-9-18(19)27(21)12-6-11-23-20-13-17(16-7-2-1-3-8-16)26-22-24-15-25-28(20)22/h1-5,7-10,13,15,23H,6,11-12,14H2. The van der Waals surface area contributed by atoms with Crippen LogP contribution in [0.1, 0.15) is 6.42 Å². The van der Waals surface area contributed by atoms with Crippen molar-refractivity contribution in [1.29, 1.82) is 0 Å². The second-order valence-corrected chi connectivity index (χ2v) is 6.95. The number of carbonyl (C=O) groups excluding carboxylic acids is 1. The molecule has 3 heterocycles. The van der Waals surface area contributed by atoms with Crippen molar-refractivity contribution < 1.29 is 9.53 Å². The summed E-state index contributed by atoms with van der Waals surface area (Å²) in [7, 11) is 0. The Balaban J connectivity index is 1.30. The number of amides is 1. The second-order valence-electron chi connectivity index (χ2n) is 6.95. The van der Waals surface area contributed by atoms with E-state index in [-0.39, 0.29) is 12.5 Å². The molecule has 0 atom stereocenters. The molecule has 0 radical (unpaired) electrons. The van der Waals surface area contributed by atoms with Gasteiger partial charge in [0.15, 0.2) is 6.61 Å². The number of nitrogens with zero attached hydrogens (tertiary/aromatic N) is 5. The molecule has 0 bridgehead atoms. The summed E-state index contributed by atoms with van der Waals surface area (Å²) in [5.41, 5.74) is 2.67. The highest BCUT2D eigenvalue weighted by Gasteiger charge is 2.24. The van der Waals surface area contributed by atoms with Gasteiger partial charge in [0.25, 0.3) is 11.7 Å². The first-order valence-electron chi connectivity index (χ1n) is 9.82. The fourth-order valence-electron chi connectivity index (χ4n) is 3.55. The average molecular weight is 400 g/mol. The molecule has 30 heavy (non-hydrogen) atoms. The van der Waals surface area contributed by atoms with Gasteiger partial charge in [-0.15, -0.1) is 0 Å². The maximum atomic E-state index is 12.3. The van der Waals surface area contributed by atoms with Crippen molar-refractivity contribution in [2.45, 2.75) is 6.42 Å². The van der Waals surface area contributed by atoms with E-state index in [2.05, 4.69) is 20.4 Å². The summed E-state index contributed by atoms with van der Waals surface area (Å²) in [6, 6.07) is 19.5. The minimum absolute atomic E-state index is 0.0253. The van der Waals surface area contributed by atoms with E-state index in [0.29, 0.717) is 18.9 Å². The minimum Gasteiger partial charge on any atom is -0.482 e. The zero-order valence-corrected chi connectivity index (χ0v) is 16.2. The van der Waals surface area contributed by atoms with E-state index in [0.717, 1.165) is 34.9 Å². The number of para-hydroxylation sites is 2. The Morgan fingerprint density at radius 3 is 2.80 bits per heavy atom. The van der Waals surface area contributed by atoms with Crippen molar-refractivity contribution in [3.05, 3.63) is 67.0 Å². The van der Waals surface area contributed by atoms with Gasteiger partial charge in [0.2, 0.25) is 0 Å². The molecule has 1 amide bonds. The fraction of sp³-hybridized carbons (Fsp3) is 0.182. The van der Waals surface area contributed by atoms with Crippen LogP contribution in [0.5, 0.6) is 5.75 Å². The van der Waals surface area contributed by atoms with Gasteiger partial charge in [-0.25, -0.2) is 4.98 Å². The second kappa shape index (κ2) is 7.82. The van der Waals surface area contributed by atoms with E-state index in [1.807, 2.05) is 60.7 Å². The zero-order valence-electron chi connectivity index (χ0n) is 16.2. The van der Waals surface area contributed by atoms with E-state index < -0.39 is 0 Å². The number of aromatic nitrogens is 4. The van der Waals surface area contributed by atoms with Crippen molar-refractivity contribution in [3.63, 3.8) is 0 Å². The molecule has 4 aromatic rings. The lowest BCUT2D eigenvalue weighted by atomic mass is 10.1. The molecule has 1 aliphatic rings. The van der Waals surface area contributed by atoms with Crippen molar-refractivity contribution in [2.24, 2.45) is 0 Å². The third-order valence-electron chi connectivity index (χ3n) is 4.99. The van der Waals surface area contributed by atoms with Crippen LogP contribution in [0.4, 0.5) is 11.5 Å². The topological polar surface area (TPSA) is 84.6 Å². The van der Waals surface area contributed by atoms with Crippen LogP contribution in [-0.4, -0.2) is 45.2 Å². The normalized spacial score (nSPS) is 13.2. The molecule has 150 valence electrons. The summed E-state index contributed by atoms with van der Waals surface area (Å²) in [6.07, 6.45) is 2.25. The van der Waals surface area contributed by atoms with Gasteiger partial charge in [-0.3, -0.25) is 4.79 Å². The van der Waals surface area contributed by atoms with Crippen LogP contribution >= 0.6 is 0 Å². The van der Waals surface area contributed by atoms with E-state index in [1.165, 1.54) is 6.33 Å². The summed E-state index contributed by atoms with van der Waals surface area (Å²) >= 11 is 0. The van der Waals surface area contributed by atoms with E-state index >= 15 is 0 Å². The Kier molecular flexibility index (Phi) is 4.72. The molecular formula is C22H20N6O2. The lowest BCUT2D eigenvalue weighted by Crippen LogP contribution is -2.39. The highest BCUT2D eigenvalue weighted by Crippen LogP contribution is 2.31. The molecule has 0 spiro atoms. The predicted octanol–water partition coefficient (Wildman–Crippen LogP) is 3.02. The number of rotatable bonds is 6. The monoisotopic (exact) mass is 400 g/mol. The average Bonchev–Trinajstić information content (AvgIpc) is 3.27.